The minimum Gasteiger partial charge on any atom is -0.293 e. The van der Waals surface area contributed by atoms with Crippen LogP contribution in [0.4, 0.5) is 5.69 Å². The lowest BCUT2D eigenvalue weighted by Gasteiger charge is -2.23. The predicted molar refractivity (Wildman–Crippen MR) is 99.3 cm³/mol. The van der Waals surface area contributed by atoms with E-state index in [0.29, 0.717) is 16.8 Å². The summed E-state index contributed by atoms with van der Waals surface area (Å²) in [4.78, 5) is 28.6. The molecule has 0 saturated heterocycles. The highest BCUT2D eigenvalue weighted by Crippen LogP contribution is 2.38. The smallest absolute Gasteiger partial charge is 0.272 e. The van der Waals surface area contributed by atoms with E-state index >= 15 is 0 Å². The summed E-state index contributed by atoms with van der Waals surface area (Å²) in [6, 6.07) is 20.9. The number of nitro benzene ring substituents is 1. The summed E-state index contributed by atoms with van der Waals surface area (Å²) in [7, 11) is 0. The number of para-hydroxylation sites is 1. The van der Waals surface area contributed by atoms with Gasteiger partial charge in [-0.3, -0.25) is 19.9 Å². The molecule has 5 heteroatoms. The Morgan fingerprint density at radius 3 is 2.27 bits per heavy atom. The van der Waals surface area contributed by atoms with E-state index < -0.39 is 16.8 Å². The highest BCUT2D eigenvalue weighted by atomic mass is 16.6. The number of aromatic nitrogens is 1. The lowest BCUT2D eigenvalue weighted by Crippen LogP contribution is -2.21. The fraction of sp³-hybridized carbons (Fsp3) is 0.143. The summed E-state index contributed by atoms with van der Waals surface area (Å²) in [6.45, 7) is 1.84. The molecular weight excluding hydrogens is 328 g/mol. The number of pyridine rings is 1. The molecule has 0 bridgehead atoms. The van der Waals surface area contributed by atoms with Gasteiger partial charge in [0, 0.05) is 29.3 Å². The maximum Gasteiger partial charge on any atom is 0.272 e. The number of rotatable bonds is 6. The van der Waals surface area contributed by atoms with Crippen molar-refractivity contribution in [3.05, 3.63) is 106 Å². The average molecular weight is 346 g/mol. The van der Waals surface area contributed by atoms with E-state index in [-0.39, 0.29) is 11.5 Å². The molecule has 130 valence electrons. The van der Waals surface area contributed by atoms with Crippen LogP contribution in [0.5, 0.6) is 0 Å². The van der Waals surface area contributed by atoms with Crippen molar-refractivity contribution in [2.24, 2.45) is 0 Å². The fourth-order valence-corrected chi connectivity index (χ4v) is 3.18. The van der Waals surface area contributed by atoms with Crippen molar-refractivity contribution in [3.8, 4) is 0 Å². The third kappa shape index (κ3) is 3.52. The number of ketones is 1. The topological polar surface area (TPSA) is 73.1 Å². The molecule has 3 rings (SSSR count). The van der Waals surface area contributed by atoms with Gasteiger partial charge in [0.05, 0.1) is 16.5 Å². The zero-order valence-corrected chi connectivity index (χ0v) is 14.3. The molecule has 0 unspecified atom stereocenters. The molecule has 0 aliphatic carbocycles. The molecule has 5 nitrogen and oxygen atoms in total. The van der Waals surface area contributed by atoms with Crippen LogP contribution in [0.15, 0.2) is 79.0 Å². The predicted octanol–water partition coefficient (Wildman–Crippen LogP) is 4.76. The second kappa shape index (κ2) is 7.70. The molecule has 1 heterocycles. The SMILES string of the molecule is C[C@H](c1ccccc1[N+](=O)[O-])[C@@H](C(=O)c1ccccc1)c1ccccn1. The first-order valence-electron chi connectivity index (χ1n) is 8.33. The van der Waals surface area contributed by atoms with Gasteiger partial charge in [-0.05, 0) is 12.1 Å². The Morgan fingerprint density at radius 2 is 1.62 bits per heavy atom. The number of nitro groups is 1. The van der Waals surface area contributed by atoms with E-state index in [1.54, 1.807) is 60.8 Å². The molecule has 2 aromatic carbocycles. The maximum atomic E-state index is 13.2. The Bertz CT molecular complexity index is 911. The zero-order valence-electron chi connectivity index (χ0n) is 14.3. The molecule has 0 saturated carbocycles. The van der Waals surface area contributed by atoms with Crippen molar-refractivity contribution in [2.75, 3.05) is 0 Å². The van der Waals surface area contributed by atoms with Gasteiger partial charge in [-0.25, -0.2) is 0 Å². The third-order valence-corrected chi connectivity index (χ3v) is 4.47. The van der Waals surface area contributed by atoms with E-state index in [2.05, 4.69) is 4.98 Å². The molecule has 1 aromatic heterocycles. The number of hydrogen-bond acceptors (Lipinski definition) is 4. The standard InChI is InChI=1S/C21H18N2O3/c1-15(17-11-5-6-13-19(17)23(25)26)20(18-12-7-8-14-22-18)21(24)16-9-3-2-4-10-16/h2-15,20H,1H3/t15-,20-/m1/s1. The quantitative estimate of drug-likeness (QED) is 0.366. The van der Waals surface area contributed by atoms with E-state index in [1.165, 1.54) is 6.07 Å². The highest BCUT2D eigenvalue weighted by molar-refractivity contribution is 6.01. The summed E-state index contributed by atoms with van der Waals surface area (Å²) in [6.07, 6.45) is 1.63. The van der Waals surface area contributed by atoms with E-state index in [0.717, 1.165) is 0 Å². The largest absolute Gasteiger partial charge is 0.293 e. The van der Waals surface area contributed by atoms with Crippen LogP contribution in [0.2, 0.25) is 0 Å². The molecule has 0 fully saturated rings. The number of hydrogen-bond donors (Lipinski definition) is 0. The highest BCUT2D eigenvalue weighted by Gasteiger charge is 2.33. The molecule has 3 aromatic rings. The second-order valence-electron chi connectivity index (χ2n) is 6.07. The first kappa shape index (κ1) is 17.5. The number of benzene rings is 2. The van der Waals surface area contributed by atoms with Crippen LogP contribution in [-0.2, 0) is 0 Å². The molecule has 0 amide bonds. The summed E-state index contributed by atoms with van der Waals surface area (Å²) in [5.41, 5.74) is 1.71. The minimum absolute atomic E-state index is 0.0155. The first-order chi connectivity index (χ1) is 12.6. The minimum atomic E-state index is -0.611. The van der Waals surface area contributed by atoms with Gasteiger partial charge in [-0.1, -0.05) is 61.5 Å². The van der Waals surface area contributed by atoms with E-state index in [4.69, 9.17) is 0 Å². The van der Waals surface area contributed by atoms with Crippen molar-refractivity contribution >= 4 is 11.5 Å². The van der Waals surface area contributed by atoms with Crippen molar-refractivity contribution in [1.82, 2.24) is 4.98 Å². The Labute approximate surface area is 151 Å². The summed E-state index contributed by atoms with van der Waals surface area (Å²) in [5.74, 6) is -1.12. The number of carbonyl (C=O) groups is 1. The van der Waals surface area contributed by atoms with Gasteiger partial charge in [0.2, 0.25) is 0 Å². The van der Waals surface area contributed by atoms with Crippen LogP contribution >= 0.6 is 0 Å². The Balaban J connectivity index is 2.10. The van der Waals surface area contributed by atoms with Crippen molar-refractivity contribution in [2.45, 2.75) is 18.8 Å². The molecule has 0 aliphatic rings. The van der Waals surface area contributed by atoms with Crippen LogP contribution in [-0.4, -0.2) is 15.7 Å². The summed E-state index contributed by atoms with van der Waals surface area (Å²) in [5, 5.41) is 11.4. The zero-order chi connectivity index (χ0) is 18.5. The Kier molecular flexibility index (Phi) is 5.17. The lowest BCUT2D eigenvalue weighted by molar-refractivity contribution is -0.385. The Hall–Kier alpha value is -3.34. The summed E-state index contributed by atoms with van der Waals surface area (Å²) >= 11 is 0. The van der Waals surface area contributed by atoms with E-state index in [1.807, 2.05) is 19.1 Å². The number of nitrogens with zero attached hydrogens (tertiary/aromatic N) is 2. The summed E-state index contributed by atoms with van der Waals surface area (Å²) < 4.78 is 0. The fourth-order valence-electron chi connectivity index (χ4n) is 3.18. The van der Waals surface area contributed by atoms with Gasteiger partial charge in [0.15, 0.2) is 5.78 Å². The normalized spacial score (nSPS) is 13.0. The maximum absolute atomic E-state index is 13.2. The van der Waals surface area contributed by atoms with Gasteiger partial charge in [-0.15, -0.1) is 0 Å². The van der Waals surface area contributed by atoms with Crippen LogP contribution in [0.25, 0.3) is 0 Å². The van der Waals surface area contributed by atoms with E-state index in [9.17, 15) is 14.9 Å². The van der Waals surface area contributed by atoms with Crippen LogP contribution in [0.1, 0.15) is 40.4 Å². The molecule has 2 atom stereocenters. The molecule has 0 N–H and O–H groups in total. The molecule has 0 aliphatic heterocycles. The molecule has 26 heavy (non-hydrogen) atoms. The molecule has 0 spiro atoms. The third-order valence-electron chi connectivity index (χ3n) is 4.47. The van der Waals surface area contributed by atoms with Gasteiger partial charge in [-0.2, -0.15) is 0 Å². The number of Topliss-reactive ketones (excluding diaryl/α,β-unsaturated/α-hetero) is 1. The second-order valence-corrected chi connectivity index (χ2v) is 6.07. The first-order valence-corrected chi connectivity index (χ1v) is 8.33. The van der Waals surface area contributed by atoms with Gasteiger partial charge in [0.1, 0.15) is 0 Å². The van der Waals surface area contributed by atoms with Crippen molar-refractivity contribution in [3.63, 3.8) is 0 Å². The van der Waals surface area contributed by atoms with Gasteiger partial charge >= 0.3 is 0 Å². The average Bonchev–Trinajstić information content (AvgIpc) is 2.69. The molecular formula is C21H18N2O3. The van der Waals surface area contributed by atoms with Crippen LogP contribution < -0.4 is 0 Å². The Morgan fingerprint density at radius 1 is 0.962 bits per heavy atom. The van der Waals surface area contributed by atoms with Crippen molar-refractivity contribution in [1.29, 1.82) is 0 Å². The molecule has 0 radical (unpaired) electrons. The lowest BCUT2D eigenvalue weighted by atomic mass is 9.79. The van der Waals surface area contributed by atoms with Gasteiger partial charge < -0.3 is 0 Å². The van der Waals surface area contributed by atoms with Crippen LogP contribution in [0.3, 0.4) is 0 Å². The number of carbonyl (C=O) groups excluding carboxylic acids is 1. The monoisotopic (exact) mass is 346 g/mol. The van der Waals surface area contributed by atoms with Crippen LogP contribution in [0, 0.1) is 10.1 Å². The van der Waals surface area contributed by atoms with Crippen molar-refractivity contribution < 1.29 is 9.72 Å². The van der Waals surface area contributed by atoms with Gasteiger partial charge in [0.25, 0.3) is 5.69 Å².